The molecule has 0 spiro atoms. The zero-order valence-electron chi connectivity index (χ0n) is 10.9. The molecule has 0 radical (unpaired) electrons. The Kier molecular flexibility index (Phi) is 4.42. The first-order chi connectivity index (χ1) is 8.81. The number of fused-ring (bicyclic) bond motifs is 1. The van der Waals surface area contributed by atoms with Crippen LogP contribution in [-0.2, 0) is 0 Å². The van der Waals surface area contributed by atoms with Crippen molar-refractivity contribution in [3.8, 4) is 0 Å². The van der Waals surface area contributed by atoms with E-state index in [1.54, 1.807) is 12.4 Å². The lowest BCUT2D eigenvalue weighted by atomic mass is 10.1. The molecule has 2 rings (SSSR count). The zero-order valence-corrected chi connectivity index (χ0v) is 11.6. The van der Waals surface area contributed by atoms with Crippen LogP contribution in [0.2, 0.25) is 0 Å². The standard InChI is InChI=1S/C13H19ClN4/c1-3-11(4-2)17(9-6-14)13-12-5-7-16-18(12)10-8-15-13/h5,7-8,10-11H,3-4,6,9H2,1-2H3. The van der Waals surface area contributed by atoms with E-state index >= 15 is 0 Å². The minimum atomic E-state index is 0.470. The van der Waals surface area contributed by atoms with Gasteiger partial charge >= 0.3 is 0 Å². The predicted molar refractivity (Wildman–Crippen MR) is 75.4 cm³/mol. The van der Waals surface area contributed by atoms with Gasteiger partial charge in [-0.3, -0.25) is 0 Å². The van der Waals surface area contributed by atoms with Gasteiger partial charge in [-0.1, -0.05) is 13.8 Å². The SMILES string of the molecule is CCC(CC)N(CCCl)c1nccn2nccc12. The first-order valence-corrected chi connectivity index (χ1v) is 6.96. The first kappa shape index (κ1) is 13.1. The molecule has 2 aromatic rings. The fourth-order valence-electron chi connectivity index (χ4n) is 2.35. The Morgan fingerprint density at radius 2 is 2.11 bits per heavy atom. The number of alkyl halides is 1. The number of hydrogen-bond acceptors (Lipinski definition) is 3. The Hall–Kier alpha value is -1.29. The van der Waals surface area contributed by atoms with Crippen molar-refractivity contribution in [2.45, 2.75) is 32.7 Å². The molecule has 0 saturated heterocycles. The molecule has 2 heterocycles. The Morgan fingerprint density at radius 3 is 2.78 bits per heavy atom. The smallest absolute Gasteiger partial charge is 0.154 e. The number of hydrogen-bond donors (Lipinski definition) is 0. The van der Waals surface area contributed by atoms with Gasteiger partial charge in [0.15, 0.2) is 5.82 Å². The second-order valence-corrected chi connectivity index (χ2v) is 4.64. The summed E-state index contributed by atoms with van der Waals surface area (Å²) >= 11 is 5.94. The fraction of sp³-hybridized carbons (Fsp3) is 0.538. The summed E-state index contributed by atoms with van der Waals surface area (Å²) in [4.78, 5) is 6.82. The van der Waals surface area contributed by atoms with Gasteiger partial charge in [-0.25, -0.2) is 9.50 Å². The van der Waals surface area contributed by atoms with Gasteiger partial charge in [-0.2, -0.15) is 5.10 Å². The highest BCUT2D eigenvalue weighted by molar-refractivity contribution is 6.18. The van der Waals surface area contributed by atoms with E-state index in [1.165, 1.54) is 0 Å². The third-order valence-corrected chi connectivity index (χ3v) is 3.45. The Morgan fingerprint density at radius 1 is 1.33 bits per heavy atom. The van der Waals surface area contributed by atoms with Crippen LogP contribution in [0.15, 0.2) is 24.7 Å². The van der Waals surface area contributed by atoms with Crippen molar-refractivity contribution >= 4 is 22.9 Å². The van der Waals surface area contributed by atoms with E-state index in [4.69, 9.17) is 11.6 Å². The molecule has 5 heteroatoms. The summed E-state index contributed by atoms with van der Waals surface area (Å²) in [6, 6.07) is 2.46. The van der Waals surface area contributed by atoms with Crippen molar-refractivity contribution in [2.24, 2.45) is 0 Å². The minimum absolute atomic E-state index is 0.470. The number of rotatable bonds is 6. The predicted octanol–water partition coefficient (Wildman–Crippen LogP) is 2.96. The van der Waals surface area contributed by atoms with E-state index in [2.05, 4.69) is 28.8 Å². The lowest BCUT2D eigenvalue weighted by Crippen LogP contribution is -2.37. The number of aromatic nitrogens is 3. The van der Waals surface area contributed by atoms with Crippen LogP contribution in [0.1, 0.15) is 26.7 Å². The highest BCUT2D eigenvalue weighted by Gasteiger charge is 2.18. The van der Waals surface area contributed by atoms with E-state index in [-0.39, 0.29) is 0 Å². The highest BCUT2D eigenvalue weighted by atomic mass is 35.5. The van der Waals surface area contributed by atoms with Crippen LogP contribution in [-0.4, -0.2) is 33.1 Å². The van der Waals surface area contributed by atoms with Gasteiger partial charge in [-0.05, 0) is 18.9 Å². The molecule has 0 atom stereocenters. The van der Waals surface area contributed by atoms with E-state index in [9.17, 15) is 0 Å². The Bertz CT molecular complexity index is 492. The van der Waals surface area contributed by atoms with Gasteiger partial charge in [0.2, 0.25) is 0 Å². The van der Waals surface area contributed by atoms with Crippen molar-refractivity contribution in [2.75, 3.05) is 17.3 Å². The minimum Gasteiger partial charge on any atom is -0.351 e. The third kappa shape index (κ3) is 2.43. The normalized spacial score (nSPS) is 11.3. The molecule has 0 aliphatic rings. The van der Waals surface area contributed by atoms with Crippen molar-refractivity contribution < 1.29 is 0 Å². The maximum absolute atomic E-state index is 5.94. The van der Waals surface area contributed by atoms with Crippen LogP contribution in [0.25, 0.3) is 5.52 Å². The van der Waals surface area contributed by atoms with Crippen LogP contribution in [0.3, 0.4) is 0 Å². The number of nitrogens with zero attached hydrogens (tertiary/aromatic N) is 4. The maximum Gasteiger partial charge on any atom is 0.154 e. The average Bonchev–Trinajstić information content (AvgIpc) is 2.87. The van der Waals surface area contributed by atoms with Crippen LogP contribution >= 0.6 is 11.6 Å². The van der Waals surface area contributed by atoms with Gasteiger partial charge < -0.3 is 4.90 Å². The molecule has 0 saturated carbocycles. The van der Waals surface area contributed by atoms with Crippen molar-refractivity contribution in [1.29, 1.82) is 0 Å². The van der Waals surface area contributed by atoms with Gasteiger partial charge in [0, 0.05) is 30.9 Å². The molecule has 2 aromatic heterocycles. The Labute approximate surface area is 113 Å². The topological polar surface area (TPSA) is 33.4 Å². The summed E-state index contributed by atoms with van der Waals surface area (Å²) in [6.45, 7) is 5.21. The lowest BCUT2D eigenvalue weighted by molar-refractivity contribution is 0.563. The average molecular weight is 267 g/mol. The highest BCUT2D eigenvalue weighted by Crippen LogP contribution is 2.22. The molecule has 0 amide bonds. The molecule has 0 aliphatic carbocycles. The Balaban J connectivity index is 2.43. The summed E-state index contributed by atoms with van der Waals surface area (Å²) < 4.78 is 1.85. The zero-order chi connectivity index (χ0) is 13.0. The van der Waals surface area contributed by atoms with Crippen LogP contribution in [0.4, 0.5) is 5.82 Å². The monoisotopic (exact) mass is 266 g/mol. The summed E-state index contributed by atoms with van der Waals surface area (Å²) in [5.74, 6) is 1.58. The largest absolute Gasteiger partial charge is 0.351 e. The van der Waals surface area contributed by atoms with Crippen LogP contribution < -0.4 is 4.90 Å². The molecular formula is C13H19ClN4. The van der Waals surface area contributed by atoms with Crippen LogP contribution in [0, 0.1) is 0 Å². The van der Waals surface area contributed by atoms with Gasteiger partial charge in [-0.15, -0.1) is 11.6 Å². The number of halogens is 1. The first-order valence-electron chi connectivity index (χ1n) is 6.42. The molecule has 0 unspecified atom stereocenters. The van der Waals surface area contributed by atoms with Crippen molar-refractivity contribution in [3.63, 3.8) is 0 Å². The maximum atomic E-state index is 5.94. The van der Waals surface area contributed by atoms with E-state index in [0.717, 1.165) is 30.7 Å². The van der Waals surface area contributed by atoms with Crippen molar-refractivity contribution in [1.82, 2.24) is 14.6 Å². The molecule has 0 aromatic carbocycles. The number of anilines is 1. The molecule has 4 nitrogen and oxygen atoms in total. The second-order valence-electron chi connectivity index (χ2n) is 4.26. The summed E-state index contributed by atoms with van der Waals surface area (Å²) in [5, 5.41) is 4.25. The van der Waals surface area contributed by atoms with E-state index in [0.29, 0.717) is 11.9 Å². The molecule has 0 bridgehead atoms. The molecule has 0 aliphatic heterocycles. The van der Waals surface area contributed by atoms with Gasteiger partial charge in [0.1, 0.15) is 5.52 Å². The third-order valence-electron chi connectivity index (χ3n) is 3.28. The second kappa shape index (κ2) is 6.05. The quantitative estimate of drug-likeness (QED) is 0.754. The fourth-order valence-corrected chi connectivity index (χ4v) is 2.53. The summed E-state index contributed by atoms with van der Waals surface area (Å²) in [7, 11) is 0. The van der Waals surface area contributed by atoms with E-state index < -0.39 is 0 Å². The lowest BCUT2D eigenvalue weighted by Gasteiger charge is -2.31. The van der Waals surface area contributed by atoms with Gasteiger partial charge in [0.05, 0.1) is 6.20 Å². The van der Waals surface area contributed by atoms with E-state index in [1.807, 2.05) is 16.8 Å². The molecular weight excluding hydrogens is 248 g/mol. The van der Waals surface area contributed by atoms with Gasteiger partial charge in [0.25, 0.3) is 0 Å². The molecule has 0 fully saturated rings. The molecule has 0 N–H and O–H groups in total. The summed E-state index contributed by atoms with van der Waals surface area (Å²) in [5.41, 5.74) is 1.04. The van der Waals surface area contributed by atoms with Crippen LogP contribution in [0.5, 0.6) is 0 Å². The van der Waals surface area contributed by atoms with Crippen molar-refractivity contribution in [3.05, 3.63) is 24.7 Å². The molecule has 98 valence electrons. The molecule has 18 heavy (non-hydrogen) atoms. The summed E-state index contributed by atoms with van der Waals surface area (Å²) in [6.07, 6.45) is 7.63.